The first-order chi connectivity index (χ1) is 13.4. The first-order valence-electron chi connectivity index (χ1n) is 9.31. The molecule has 0 aliphatic rings. The quantitative estimate of drug-likeness (QED) is 0.504. The van der Waals surface area contributed by atoms with E-state index in [2.05, 4.69) is 15.3 Å². The number of aromatic nitrogens is 1. The van der Waals surface area contributed by atoms with E-state index in [1.54, 1.807) is 30.6 Å². The average Bonchev–Trinajstić information content (AvgIpc) is 3.14. The summed E-state index contributed by atoms with van der Waals surface area (Å²) >= 11 is 1.60. The summed E-state index contributed by atoms with van der Waals surface area (Å²) in [5, 5.41) is 6.31. The van der Waals surface area contributed by atoms with E-state index in [9.17, 15) is 4.39 Å². The predicted molar refractivity (Wildman–Crippen MR) is 111 cm³/mol. The van der Waals surface area contributed by atoms with Gasteiger partial charge in [-0.25, -0.2) is 14.4 Å². The molecule has 0 bridgehead atoms. The Morgan fingerprint density at radius 2 is 2.04 bits per heavy atom. The molecule has 28 heavy (non-hydrogen) atoms. The summed E-state index contributed by atoms with van der Waals surface area (Å²) in [5.41, 5.74) is 0.979. The highest BCUT2D eigenvalue weighted by Gasteiger charge is 2.13. The first-order valence-corrected chi connectivity index (χ1v) is 10.2. The van der Waals surface area contributed by atoms with Crippen molar-refractivity contribution in [1.82, 2.24) is 15.2 Å². The molecule has 2 atom stereocenters. The van der Waals surface area contributed by atoms with Crippen molar-refractivity contribution in [2.45, 2.75) is 39.5 Å². The molecule has 2 aromatic rings. The number of nitrogens with one attached hydrogen (secondary N) is 1. The Kier molecular flexibility index (Phi) is 8.66. The fraction of sp³-hybridized carbons (Fsp3) is 0.500. The van der Waals surface area contributed by atoms with Crippen molar-refractivity contribution in [2.24, 2.45) is 4.99 Å². The van der Waals surface area contributed by atoms with E-state index in [-0.39, 0.29) is 18.0 Å². The molecule has 0 saturated heterocycles. The molecule has 0 fully saturated rings. The number of benzene rings is 1. The number of nitrogens with zero attached hydrogens (tertiary/aromatic N) is 3. The molecule has 1 N–H and O–H groups in total. The molecule has 8 heteroatoms. The van der Waals surface area contributed by atoms with Crippen molar-refractivity contribution in [3.8, 4) is 5.75 Å². The molecule has 6 nitrogen and oxygen atoms in total. The normalized spacial score (nSPS) is 13.9. The molecule has 2 unspecified atom stereocenters. The zero-order valence-corrected chi connectivity index (χ0v) is 17.9. The third-order valence-electron chi connectivity index (χ3n) is 4.02. The molecule has 2 rings (SSSR count). The molecule has 1 aromatic carbocycles. The van der Waals surface area contributed by atoms with Gasteiger partial charge in [-0.3, -0.25) is 0 Å². The number of aliphatic imine (C=N–C) groups is 1. The smallest absolute Gasteiger partial charge is 0.194 e. The Hall–Kier alpha value is -2.19. The number of methoxy groups -OCH3 is 1. The second-order valence-electron chi connectivity index (χ2n) is 6.49. The van der Waals surface area contributed by atoms with Crippen LogP contribution in [0.1, 0.15) is 37.6 Å². The highest BCUT2D eigenvalue weighted by molar-refractivity contribution is 7.09. The van der Waals surface area contributed by atoms with Crippen molar-refractivity contribution in [3.63, 3.8) is 0 Å². The molecule has 0 amide bonds. The zero-order valence-electron chi connectivity index (χ0n) is 17.1. The van der Waals surface area contributed by atoms with Crippen LogP contribution in [0.5, 0.6) is 5.75 Å². The first kappa shape index (κ1) is 22.1. The van der Waals surface area contributed by atoms with Crippen molar-refractivity contribution in [3.05, 3.63) is 46.2 Å². The van der Waals surface area contributed by atoms with Gasteiger partial charge >= 0.3 is 0 Å². The van der Waals surface area contributed by atoms with E-state index in [0.29, 0.717) is 18.8 Å². The largest absolute Gasteiger partial charge is 0.489 e. The maximum absolute atomic E-state index is 13.0. The molecule has 0 aliphatic carbocycles. The molecule has 0 aliphatic heterocycles. The Balaban J connectivity index is 1.95. The zero-order chi connectivity index (χ0) is 20.5. The minimum absolute atomic E-state index is 0.00424. The number of guanidine groups is 1. The summed E-state index contributed by atoms with van der Waals surface area (Å²) in [5.74, 6) is 1.13. The van der Waals surface area contributed by atoms with Gasteiger partial charge in [0, 0.05) is 26.1 Å². The summed E-state index contributed by atoms with van der Waals surface area (Å²) < 4.78 is 24.1. The lowest BCUT2D eigenvalue weighted by molar-refractivity contribution is 0.119. The molecule has 0 spiro atoms. The van der Waals surface area contributed by atoms with Crippen LogP contribution in [0, 0.1) is 5.82 Å². The second kappa shape index (κ2) is 11.0. The summed E-state index contributed by atoms with van der Waals surface area (Å²) in [7, 11) is 3.66. The number of halogens is 1. The molecule has 0 saturated carbocycles. The van der Waals surface area contributed by atoms with Crippen LogP contribution in [0.2, 0.25) is 0 Å². The molecule has 1 aromatic heterocycles. The number of ether oxygens (including phenoxy) is 2. The summed E-state index contributed by atoms with van der Waals surface area (Å²) in [6, 6.07) is 6.01. The van der Waals surface area contributed by atoms with E-state index in [1.165, 1.54) is 12.1 Å². The highest BCUT2D eigenvalue weighted by Crippen LogP contribution is 2.21. The number of hydrogen-bond donors (Lipinski definition) is 1. The minimum atomic E-state index is -0.279. The van der Waals surface area contributed by atoms with Crippen molar-refractivity contribution in [1.29, 1.82) is 0 Å². The van der Waals surface area contributed by atoms with Crippen LogP contribution in [0.25, 0.3) is 0 Å². The van der Waals surface area contributed by atoms with Crippen LogP contribution in [-0.2, 0) is 11.3 Å². The summed E-state index contributed by atoms with van der Waals surface area (Å²) in [6.07, 6.45) is -0.142. The standard InChI is InChI=1S/C20H29FN4O2S/c1-6-22-20(23-11-14(2)27-18-9-7-16(21)8-10-18)25(4)12-17-13-28-19(24-17)15(3)26-5/h7-10,13-15H,6,11-12H2,1-5H3,(H,22,23). The van der Waals surface area contributed by atoms with Crippen molar-refractivity contribution < 1.29 is 13.9 Å². The lowest BCUT2D eigenvalue weighted by Crippen LogP contribution is -2.39. The topological polar surface area (TPSA) is 59.0 Å². The third kappa shape index (κ3) is 6.76. The Morgan fingerprint density at radius 1 is 1.32 bits per heavy atom. The van der Waals surface area contributed by atoms with Gasteiger partial charge in [-0.2, -0.15) is 0 Å². The SMILES string of the molecule is CCNC(=NCC(C)Oc1ccc(F)cc1)N(C)Cc1csc(C(C)OC)n1. The van der Waals surface area contributed by atoms with Crippen LogP contribution < -0.4 is 10.1 Å². The average molecular weight is 409 g/mol. The van der Waals surface area contributed by atoms with Crippen LogP contribution in [0.15, 0.2) is 34.6 Å². The van der Waals surface area contributed by atoms with E-state index in [4.69, 9.17) is 9.47 Å². The van der Waals surface area contributed by atoms with Gasteiger partial charge < -0.3 is 19.7 Å². The van der Waals surface area contributed by atoms with Gasteiger partial charge in [-0.05, 0) is 45.0 Å². The Morgan fingerprint density at radius 3 is 2.68 bits per heavy atom. The number of hydrogen-bond acceptors (Lipinski definition) is 5. The van der Waals surface area contributed by atoms with E-state index < -0.39 is 0 Å². The number of rotatable bonds is 9. The third-order valence-corrected chi connectivity index (χ3v) is 5.07. The van der Waals surface area contributed by atoms with Crippen LogP contribution >= 0.6 is 11.3 Å². The lowest BCUT2D eigenvalue weighted by atomic mass is 10.3. The molecule has 1 heterocycles. The molecule has 0 radical (unpaired) electrons. The molecular weight excluding hydrogens is 379 g/mol. The van der Waals surface area contributed by atoms with Crippen LogP contribution in [0.3, 0.4) is 0 Å². The van der Waals surface area contributed by atoms with Crippen LogP contribution in [0.4, 0.5) is 4.39 Å². The Labute approximate surface area is 170 Å². The maximum atomic E-state index is 13.0. The van der Waals surface area contributed by atoms with Gasteiger partial charge in [0.15, 0.2) is 5.96 Å². The Bertz CT molecular complexity index is 751. The fourth-order valence-corrected chi connectivity index (χ4v) is 3.31. The van der Waals surface area contributed by atoms with Gasteiger partial charge in [0.25, 0.3) is 0 Å². The summed E-state index contributed by atoms with van der Waals surface area (Å²) in [6.45, 7) is 7.84. The number of thiazole rings is 1. The monoisotopic (exact) mass is 408 g/mol. The maximum Gasteiger partial charge on any atom is 0.194 e. The van der Waals surface area contributed by atoms with Crippen LogP contribution in [-0.4, -0.2) is 49.2 Å². The van der Waals surface area contributed by atoms with Gasteiger partial charge in [0.2, 0.25) is 0 Å². The van der Waals surface area contributed by atoms with Gasteiger partial charge in [-0.15, -0.1) is 11.3 Å². The van der Waals surface area contributed by atoms with E-state index in [0.717, 1.165) is 23.2 Å². The molecule has 154 valence electrons. The molecular formula is C20H29FN4O2S. The summed E-state index contributed by atoms with van der Waals surface area (Å²) in [4.78, 5) is 11.3. The highest BCUT2D eigenvalue weighted by atomic mass is 32.1. The van der Waals surface area contributed by atoms with Gasteiger partial charge in [0.05, 0.1) is 18.8 Å². The van der Waals surface area contributed by atoms with Crippen molar-refractivity contribution >= 4 is 17.3 Å². The lowest BCUT2D eigenvalue weighted by Gasteiger charge is -2.22. The second-order valence-corrected chi connectivity index (χ2v) is 7.38. The van der Waals surface area contributed by atoms with E-state index in [1.807, 2.05) is 38.1 Å². The van der Waals surface area contributed by atoms with Crippen molar-refractivity contribution in [2.75, 3.05) is 27.2 Å². The van der Waals surface area contributed by atoms with Gasteiger partial charge in [-0.1, -0.05) is 0 Å². The van der Waals surface area contributed by atoms with E-state index >= 15 is 0 Å². The fourth-order valence-electron chi connectivity index (χ4n) is 2.47. The van der Waals surface area contributed by atoms with Gasteiger partial charge in [0.1, 0.15) is 28.8 Å². The minimum Gasteiger partial charge on any atom is -0.489 e. The predicted octanol–water partition coefficient (Wildman–Crippen LogP) is 3.85.